The van der Waals surface area contributed by atoms with Gasteiger partial charge < -0.3 is 20.3 Å². The first-order valence-electron chi connectivity index (χ1n) is 7.64. The summed E-state index contributed by atoms with van der Waals surface area (Å²) in [5.41, 5.74) is 2.04. The van der Waals surface area contributed by atoms with Crippen LogP contribution >= 0.6 is 12.2 Å². The van der Waals surface area contributed by atoms with E-state index in [1.54, 1.807) is 18.2 Å². The monoisotopic (exact) mass is 343 g/mol. The average molecular weight is 343 g/mol. The summed E-state index contributed by atoms with van der Waals surface area (Å²) in [5.74, 6) is 0.453. The number of nitrogens with zero attached hydrogens (tertiary/aromatic N) is 1. The first-order valence-corrected chi connectivity index (χ1v) is 8.05. The molecule has 0 saturated heterocycles. The smallest absolute Gasteiger partial charge is 0.410 e. The van der Waals surface area contributed by atoms with Crippen LogP contribution in [0.4, 0.5) is 10.5 Å². The molecule has 0 heterocycles. The van der Waals surface area contributed by atoms with E-state index in [-0.39, 0.29) is 0 Å². The number of benzene rings is 2. The first kappa shape index (κ1) is 17.7. The fraction of sp³-hybridized carbons (Fsp3) is 0.222. The highest BCUT2D eigenvalue weighted by Gasteiger charge is 2.07. The number of ether oxygens (including phenoxy) is 1. The number of hydrogen-bond donors (Lipinski definition) is 2. The number of rotatable bonds is 5. The van der Waals surface area contributed by atoms with Crippen LogP contribution in [0.15, 0.2) is 54.6 Å². The summed E-state index contributed by atoms with van der Waals surface area (Å²) in [7, 11) is 3.46. The van der Waals surface area contributed by atoms with Gasteiger partial charge in [0.05, 0.1) is 0 Å². The molecule has 0 aliphatic carbocycles. The van der Waals surface area contributed by atoms with Gasteiger partial charge in [-0.25, -0.2) is 4.79 Å². The highest BCUT2D eigenvalue weighted by atomic mass is 32.1. The van der Waals surface area contributed by atoms with Crippen LogP contribution in [-0.2, 0) is 6.42 Å². The number of carbonyl (C=O) groups excluding carboxylic acids is 1. The highest BCUT2D eigenvalue weighted by molar-refractivity contribution is 7.80. The Labute approximate surface area is 147 Å². The Morgan fingerprint density at radius 1 is 1.17 bits per heavy atom. The van der Waals surface area contributed by atoms with Crippen molar-refractivity contribution in [2.24, 2.45) is 0 Å². The van der Waals surface area contributed by atoms with Crippen LogP contribution in [0.2, 0.25) is 0 Å². The van der Waals surface area contributed by atoms with Crippen molar-refractivity contribution in [3.8, 4) is 5.75 Å². The van der Waals surface area contributed by atoms with Gasteiger partial charge in [0, 0.05) is 32.4 Å². The van der Waals surface area contributed by atoms with E-state index in [2.05, 4.69) is 22.8 Å². The van der Waals surface area contributed by atoms with Crippen molar-refractivity contribution in [3.63, 3.8) is 0 Å². The van der Waals surface area contributed by atoms with Crippen LogP contribution in [0.3, 0.4) is 0 Å². The van der Waals surface area contributed by atoms with E-state index in [9.17, 15) is 4.79 Å². The van der Waals surface area contributed by atoms with Gasteiger partial charge in [0.15, 0.2) is 5.11 Å². The molecular formula is C18H21N3O2S. The van der Waals surface area contributed by atoms with E-state index >= 15 is 0 Å². The third-order valence-electron chi connectivity index (χ3n) is 3.43. The summed E-state index contributed by atoms with van der Waals surface area (Å²) in [6.07, 6.45) is 0.411. The number of likely N-dealkylation sites (N-methyl/N-ethyl adjacent to an activating group) is 1. The predicted octanol–water partition coefficient (Wildman–Crippen LogP) is 3.28. The third-order valence-corrected chi connectivity index (χ3v) is 3.84. The van der Waals surface area contributed by atoms with Crippen molar-refractivity contribution in [2.45, 2.75) is 6.42 Å². The molecule has 1 amide bonds. The summed E-state index contributed by atoms with van der Waals surface area (Å²) in [5, 5.41) is 6.18. The lowest BCUT2D eigenvalue weighted by Gasteiger charge is -2.21. The molecule has 2 rings (SSSR count). The summed E-state index contributed by atoms with van der Waals surface area (Å²) in [4.78, 5) is 13.2. The Morgan fingerprint density at radius 3 is 2.62 bits per heavy atom. The zero-order chi connectivity index (χ0) is 17.4. The van der Waals surface area contributed by atoms with Crippen LogP contribution in [0.5, 0.6) is 5.75 Å². The van der Waals surface area contributed by atoms with Gasteiger partial charge >= 0.3 is 6.09 Å². The lowest BCUT2D eigenvalue weighted by molar-refractivity contribution is 0.203. The number of amides is 1. The maximum Gasteiger partial charge on any atom is 0.412 e. The lowest BCUT2D eigenvalue weighted by atomic mass is 10.1. The summed E-state index contributed by atoms with van der Waals surface area (Å²) < 4.78 is 5.10. The lowest BCUT2D eigenvalue weighted by Crippen LogP contribution is -2.32. The van der Waals surface area contributed by atoms with Crippen molar-refractivity contribution < 1.29 is 9.53 Å². The molecule has 0 spiro atoms. The molecule has 0 aromatic heterocycles. The normalized spacial score (nSPS) is 9.92. The molecule has 0 aliphatic rings. The molecule has 0 unspecified atom stereocenters. The zero-order valence-electron chi connectivity index (χ0n) is 13.8. The summed E-state index contributed by atoms with van der Waals surface area (Å²) >= 11 is 5.42. The minimum Gasteiger partial charge on any atom is -0.410 e. The fourth-order valence-electron chi connectivity index (χ4n) is 2.06. The van der Waals surface area contributed by atoms with E-state index in [0.717, 1.165) is 18.7 Å². The molecular weight excluding hydrogens is 322 g/mol. The number of anilines is 1. The van der Waals surface area contributed by atoms with Crippen LogP contribution in [0.1, 0.15) is 5.56 Å². The molecule has 2 aromatic carbocycles. The fourth-order valence-corrected chi connectivity index (χ4v) is 2.27. The molecule has 6 heteroatoms. The largest absolute Gasteiger partial charge is 0.412 e. The number of nitrogens with one attached hydrogen (secondary N) is 2. The Balaban J connectivity index is 1.89. The second-order valence-electron chi connectivity index (χ2n) is 5.25. The van der Waals surface area contributed by atoms with Crippen LogP contribution in [-0.4, -0.2) is 36.7 Å². The Kier molecular flexibility index (Phi) is 6.57. The van der Waals surface area contributed by atoms with Gasteiger partial charge in [-0.1, -0.05) is 36.4 Å². The predicted molar refractivity (Wildman–Crippen MR) is 101 cm³/mol. The number of thiocarbonyl (C=S) groups is 1. The quantitative estimate of drug-likeness (QED) is 0.816. The van der Waals surface area contributed by atoms with E-state index in [0.29, 0.717) is 10.9 Å². The molecule has 24 heavy (non-hydrogen) atoms. The Hall–Kier alpha value is -2.60. The molecule has 0 fully saturated rings. The molecule has 2 N–H and O–H groups in total. The minimum atomic E-state index is -0.505. The van der Waals surface area contributed by atoms with E-state index in [1.165, 1.54) is 12.6 Å². The second kappa shape index (κ2) is 8.88. The van der Waals surface area contributed by atoms with Gasteiger partial charge in [0.25, 0.3) is 0 Å². The summed E-state index contributed by atoms with van der Waals surface area (Å²) in [6, 6.07) is 17.4. The van der Waals surface area contributed by atoms with Gasteiger partial charge in [-0.15, -0.1) is 0 Å². The SMILES string of the molecule is CNC(=O)Oc1cccc(NC(=S)N(C)CCc2ccccc2)c1. The van der Waals surface area contributed by atoms with Gasteiger partial charge in [-0.3, -0.25) is 0 Å². The van der Waals surface area contributed by atoms with Crippen molar-refractivity contribution in [3.05, 3.63) is 60.2 Å². The van der Waals surface area contributed by atoms with Crippen molar-refractivity contribution >= 4 is 29.1 Å². The Morgan fingerprint density at radius 2 is 1.92 bits per heavy atom. The molecule has 2 aromatic rings. The van der Waals surface area contributed by atoms with Crippen LogP contribution < -0.4 is 15.4 Å². The van der Waals surface area contributed by atoms with Gasteiger partial charge in [0.1, 0.15) is 5.75 Å². The molecule has 0 radical (unpaired) electrons. The first-order chi connectivity index (χ1) is 11.6. The highest BCUT2D eigenvalue weighted by Crippen LogP contribution is 2.18. The minimum absolute atomic E-state index is 0.453. The molecule has 5 nitrogen and oxygen atoms in total. The maximum atomic E-state index is 11.3. The Bertz CT molecular complexity index is 692. The van der Waals surface area contributed by atoms with E-state index in [1.807, 2.05) is 36.2 Å². The topological polar surface area (TPSA) is 53.6 Å². The molecule has 0 aliphatic heterocycles. The summed E-state index contributed by atoms with van der Waals surface area (Å²) in [6.45, 7) is 0.810. The maximum absolute atomic E-state index is 11.3. The van der Waals surface area contributed by atoms with Crippen LogP contribution in [0.25, 0.3) is 0 Å². The molecule has 0 saturated carbocycles. The number of hydrogen-bond acceptors (Lipinski definition) is 3. The molecule has 126 valence electrons. The van der Waals surface area contributed by atoms with E-state index < -0.39 is 6.09 Å². The van der Waals surface area contributed by atoms with Crippen molar-refractivity contribution in [1.82, 2.24) is 10.2 Å². The number of carbonyl (C=O) groups is 1. The standard InChI is InChI=1S/C18H21N3O2S/c1-19-18(22)23-16-10-6-9-15(13-16)20-17(24)21(2)12-11-14-7-4-3-5-8-14/h3-10,13H,11-12H2,1-2H3,(H,19,22)(H,20,24). The van der Waals surface area contributed by atoms with E-state index in [4.69, 9.17) is 17.0 Å². The zero-order valence-corrected chi connectivity index (χ0v) is 14.6. The van der Waals surface area contributed by atoms with Crippen molar-refractivity contribution in [2.75, 3.05) is 26.0 Å². The third kappa shape index (κ3) is 5.55. The van der Waals surface area contributed by atoms with Gasteiger partial charge in [0.2, 0.25) is 0 Å². The molecule has 0 atom stereocenters. The van der Waals surface area contributed by atoms with Gasteiger partial charge in [-0.2, -0.15) is 0 Å². The van der Waals surface area contributed by atoms with Gasteiger partial charge in [-0.05, 0) is 36.3 Å². The van der Waals surface area contributed by atoms with Crippen LogP contribution in [0, 0.1) is 0 Å². The second-order valence-corrected chi connectivity index (χ2v) is 5.64. The molecule has 0 bridgehead atoms. The van der Waals surface area contributed by atoms with Crippen molar-refractivity contribution in [1.29, 1.82) is 0 Å². The average Bonchev–Trinajstić information content (AvgIpc) is 2.60.